The fourth-order valence-electron chi connectivity index (χ4n) is 4.02. The third-order valence-corrected chi connectivity index (χ3v) is 6.47. The van der Waals surface area contributed by atoms with Gasteiger partial charge in [0, 0.05) is 29.9 Å². The van der Waals surface area contributed by atoms with Crippen molar-refractivity contribution in [2.45, 2.75) is 19.3 Å². The van der Waals surface area contributed by atoms with Crippen molar-refractivity contribution in [2.24, 2.45) is 0 Å². The molecule has 1 N–H and O–H groups in total. The van der Waals surface area contributed by atoms with Crippen LogP contribution in [-0.2, 0) is 0 Å². The Balaban J connectivity index is 1.43. The van der Waals surface area contributed by atoms with Crippen molar-refractivity contribution < 1.29 is 4.79 Å². The molecule has 150 valence electrons. The number of benzene rings is 2. The van der Waals surface area contributed by atoms with E-state index in [0.717, 1.165) is 40.3 Å². The summed E-state index contributed by atoms with van der Waals surface area (Å²) in [5.74, 6) is -0.114. The van der Waals surface area contributed by atoms with Gasteiger partial charge in [0.15, 0.2) is 0 Å². The zero-order chi connectivity index (χ0) is 20.3. The number of fused-ring (bicyclic) bond motifs is 1. The second-order valence-electron chi connectivity index (χ2n) is 7.60. The smallest absolute Gasteiger partial charge is 0.256 e. The Morgan fingerprint density at radius 1 is 0.933 bits per heavy atom. The van der Waals surface area contributed by atoms with Crippen LogP contribution in [0.15, 0.2) is 72.1 Å². The lowest BCUT2D eigenvalue weighted by Crippen LogP contribution is -2.29. The van der Waals surface area contributed by atoms with Gasteiger partial charge in [-0.1, -0.05) is 24.3 Å². The molecule has 5 heteroatoms. The summed E-state index contributed by atoms with van der Waals surface area (Å²) >= 11 is 1.63. The lowest BCUT2D eigenvalue weighted by molar-refractivity contribution is 0.102. The highest BCUT2D eigenvalue weighted by Gasteiger charge is 2.15. The van der Waals surface area contributed by atoms with Gasteiger partial charge in [-0.15, -0.1) is 11.3 Å². The molecule has 1 fully saturated rings. The van der Waals surface area contributed by atoms with Gasteiger partial charge in [0.2, 0.25) is 0 Å². The third kappa shape index (κ3) is 3.81. The first-order chi connectivity index (χ1) is 14.8. The lowest BCUT2D eigenvalue weighted by atomic mass is 10.1. The molecule has 0 atom stereocenters. The van der Waals surface area contributed by atoms with E-state index in [9.17, 15) is 4.79 Å². The van der Waals surface area contributed by atoms with Crippen LogP contribution in [0.1, 0.15) is 29.6 Å². The van der Waals surface area contributed by atoms with Crippen molar-refractivity contribution in [1.82, 2.24) is 4.98 Å². The van der Waals surface area contributed by atoms with Crippen LogP contribution in [0.25, 0.3) is 21.5 Å². The van der Waals surface area contributed by atoms with Crippen molar-refractivity contribution in [3.63, 3.8) is 0 Å². The Bertz CT molecular complexity index is 1160. The van der Waals surface area contributed by atoms with Crippen LogP contribution < -0.4 is 10.2 Å². The summed E-state index contributed by atoms with van der Waals surface area (Å²) in [6.07, 6.45) is 3.82. The monoisotopic (exact) mass is 413 g/mol. The first-order valence-corrected chi connectivity index (χ1v) is 11.3. The number of amides is 1. The summed E-state index contributed by atoms with van der Waals surface area (Å²) < 4.78 is 0. The van der Waals surface area contributed by atoms with Crippen LogP contribution in [0.5, 0.6) is 0 Å². The fraction of sp³-hybridized carbons (Fsp3) is 0.200. The molecule has 2 aromatic heterocycles. The van der Waals surface area contributed by atoms with Gasteiger partial charge < -0.3 is 10.2 Å². The number of para-hydroxylation sites is 1. The van der Waals surface area contributed by atoms with E-state index >= 15 is 0 Å². The van der Waals surface area contributed by atoms with Crippen LogP contribution in [0.3, 0.4) is 0 Å². The number of nitrogens with zero attached hydrogens (tertiary/aromatic N) is 2. The SMILES string of the molecule is O=C(Nc1ccc(N2CCCCC2)cc1)c1cc(-c2cccs2)nc2ccccc12. The van der Waals surface area contributed by atoms with E-state index in [0.29, 0.717) is 5.56 Å². The van der Waals surface area contributed by atoms with Crippen molar-refractivity contribution in [3.8, 4) is 10.6 Å². The summed E-state index contributed by atoms with van der Waals surface area (Å²) in [5, 5.41) is 5.96. The Labute approximate surface area is 180 Å². The summed E-state index contributed by atoms with van der Waals surface area (Å²) in [5.41, 5.74) is 4.33. The maximum atomic E-state index is 13.2. The number of aromatic nitrogens is 1. The Morgan fingerprint density at radius 3 is 2.50 bits per heavy atom. The molecule has 0 aliphatic carbocycles. The fourth-order valence-corrected chi connectivity index (χ4v) is 4.71. The second kappa shape index (κ2) is 8.28. The van der Waals surface area contributed by atoms with Gasteiger partial charge in [0.25, 0.3) is 5.91 Å². The summed E-state index contributed by atoms with van der Waals surface area (Å²) in [6.45, 7) is 2.22. The highest BCUT2D eigenvalue weighted by molar-refractivity contribution is 7.13. The molecule has 0 unspecified atom stereocenters. The number of pyridine rings is 1. The van der Waals surface area contributed by atoms with Crippen molar-refractivity contribution in [1.29, 1.82) is 0 Å². The minimum Gasteiger partial charge on any atom is -0.372 e. The number of anilines is 2. The molecule has 0 spiro atoms. The molecule has 3 heterocycles. The van der Waals surface area contributed by atoms with Crippen LogP contribution in [0, 0.1) is 0 Å². The van der Waals surface area contributed by atoms with E-state index in [1.165, 1.54) is 24.9 Å². The van der Waals surface area contributed by atoms with Crippen molar-refractivity contribution in [2.75, 3.05) is 23.3 Å². The van der Waals surface area contributed by atoms with E-state index < -0.39 is 0 Å². The highest BCUT2D eigenvalue weighted by Crippen LogP contribution is 2.29. The predicted molar refractivity (Wildman–Crippen MR) is 126 cm³/mol. The minimum atomic E-state index is -0.114. The molecule has 1 aliphatic heterocycles. The normalized spacial score (nSPS) is 14.1. The quantitative estimate of drug-likeness (QED) is 0.433. The van der Waals surface area contributed by atoms with Crippen molar-refractivity contribution in [3.05, 3.63) is 77.7 Å². The molecule has 4 aromatic rings. The molecule has 2 aromatic carbocycles. The number of carbonyl (C=O) groups is 1. The van der Waals surface area contributed by atoms with Gasteiger partial charge in [0.1, 0.15) is 0 Å². The first kappa shape index (κ1) is 18.8. The summed E-state index contributed by atoms with van der Waals surface area (Å²) in [7, 11) is 0. The van der Waals surface area contributed by atoms with Crippen LogP contribution in [0.4, 0.5) is 11.4 Å². The van der Waals surface area contributed by atoms with Crippen LogP contribution in [-0.4, -0.2) is 24.0 Å². The van der Waals surface area contributed by atoms with Gasteiger partial charge in [-0.3, -0.25) is 4.79 Å². The van der Waals surface area contributed by atoms with Crippen molar-refractivity contribution >= 4 is 39.5 Å². The number of hydrogen-bond donors (Lipinski definition) is 1. The molecular weight excluding hydrogens is 390 g/mol. The molecular formula is C25H23N3OS. The number of carbonyl (C=O) groups excluding carboxylic acids is 1. The standard InChI is InChI=1S/C25H23N3OS/c29-25(26-18-10-12-19(13-11-18)28-14-4-1-5-15-28)21-17-23(24-9-6-16-30-24)27-22-8-3-2-7-20(21)22/h2-3,6-13,16-17H,1,4-5,14-15H2,(H,26,29). The molecule has 5 rings (SSSR count). The first-order valence-electron chi connectivity index (χ1n) is 10.4. The molecule has 1 saturated heterocycles. The van der Waals surface area contributed by atoms with Gasteiger partial charge >= 0.3 is 0 Å². The van der Waals surface area contributed by atoms with Crippen LogP contribution in [0.2, 0.25) is 0 Å². The van der Waals surface area contributed by atoms with E-state index in [4.69, 9.17) is 4.98 Å². The number of hydrogen-bond acceptors (Lipinski definition) is 4. The number of piperidine rings is 1. The maximum Gasteiger partial charge on any atom is 0.256 e. The maximum absolute atomic E-state index is 13.2. The molecule has 0 bridgehead atoms. The van der Waals surface area contributed by atoms with Crippen LogP contribution >= 0.6 is 11.3 Å². The molecule has 0 radical (unpaired) electrons. The molecule has 1 aliphatic rings. The zero-order valence-corrected chi connectivity index (χ0v) is 17.5. The molecule has 30 heavy (non-hydrogen) atoms. The molecule has 1 amide bonds. The summed E-state index contributed by atoms with van der Waals surface area (Å²) in [4.78, 5) is 21.4. The van der Waals surface area contributed by atoms with E-state index in [1.807, 2.05) is 60.0 Å². The predicted octanol–water partition coefficient (Wildman–Crippen LogP) is 6.21. The van der Waals surface area contributed by atoms with E-state index in [-0.39, 0.29) is 5.91 Å². The average Bonchev–Trinajstić information content (AvgIpc) is 3.34. The zero-order valence-electron chi connectivity index (χ0n) is 16.7. The minimum absolute atomic E-state index is 0.114. The topological polar surface area (TPSA) is 45.2 Å². The second-order valence-corrected chi connectivity index (χ2v) is 8.55. The van der Waals surface area contributed by atoms with E-state index in [1.54, 1.807) is 11.3 Å². The Hall–Kier alpha value is -3.18. The summed E-state index contributed by atoms with van der Waals surface area (Å²) in [6, 6.07) is 21.9. The van der Waals surface area contributed by atoms with Gasteiger partial charge in [-0.05, 0) is 67.1 Å². The van der Waals surface area contributed by atoms with Gasteiger partial charge in [0.05, 0.1) is 21.7 Å². The van der Waals surface area contributed by atoms with E-state index in [2.05, 4.69) is 22.3 Å². The average molecular weight is 414 g/mol. The largest absolute Gasteiger partial charge is 0.372 e. The number of thiophene rings is 1. The third-order valence-electron chi connectivity index (χ3n) is 5.58. The number of rotatable bonds is 4. The number of nitrogens with one attached hydrogen (secondary N) is 1. The van der Waals surface area contributed by atoms with Gasteiger partial charge in [-0.25, -0.2) is 4.98 Å². The molecule has 4 nitrogen and oxygen atoms in total. The van der Waals surface area contributed by atoms with Gasteiger partial charge in [-0.2, -0.15) is 0 Å². The Kier molecular flexibility index (Phi) is 5.20. The molecule has 0 saturated carbocycles. The Morgan fingerprint density at radius 2 is 1.73 bits per heavy atom. The highest BCUT2D eigenvalue weighted by atomic mass is 32.1. The lowest BCUT2D eigenvalue weighted by Gasteiger charge is -2.28.